The molecule has 1 aliphatic rings. The highest BCUT2D eigenvalue weighted by atomic mass is 16.5. The van der Waals surface area contributed by atoms with Crippen LogP contribution in [0.25, 0.3) is 0 Å². The highest BCUT2D eigenvalue weighted by molar-refractivity contribution is 5.33. The molecule has 0 aliphatic carbocycles. The van der Waals surface area contributed by atoms with Crippen molar-refractivity contribution in [3.8, 4) is 0 Å². The first kappa shape index (κ1) is 11.6. The minimum atomic E-state index is 0.0603. The van der Waals surface area contributed by atoms with Crippen LogP contribution < -0.4 is 5.73 Å². The molecule has 0 amide bonds. The van der Waals surface area contributed by atoms with E-state index in [-0.39, 0.29) is 11.5 Å². The molecule has 2 rings (SSSR count). The molecule has 0 bridgehead atoms. The van der Waals surface area contributed by atoms with Crippen LogP contribution in [0.3, 0.4) is 0 Å². The summed E-state index contributed by atoms with van der Waals surface area (Å²) in [4.78, 5) is 0. The standard InChI is InChI=1S/C14H21NO/c1-3-4-12-5-7-13(8-6-12)14(11(2)15)9-16-10-14/h5-8,11H,3-4,9-10,15H2,1-2H3. The number of hydrogen-bond donors (Lipinski definition) is 1. The minimum absolute atomic E-state index is 0.0603. The number of benzene rings is 1. The average Bonchev–Trinajstić information content (AvgIpc) is 2.18. The van der Waals surface area contributed by atoms with Crippen molar-refractivity contribution in [3.05, 3.63) is 35.4 Å². The Bertz CT molecular complexity index is 338. The van der Waals surface area contributed by atoms with E-state index in [0.717, 1.165) is 19.6 Å². The quantitative estimate of drug-likeness (QED) is 0.843. The Balaban J connectivity index is 2.20. The Morgan fingerprint density at radius 2 is 1.94 bits per heavy atom. The van der Waals surface area contributed by atoms with E-state index in [4.69, 9.17) is 10.5 Å². The highest BCUT2D eigenvalue weighted by Crippen LogP contribution is 2.35. The first-order chi connectivity index (χ1) is 7.69. The summed E-state index contributed by atoms with van der Waals surface area (Å²) in [6.45, 7) is 5.80. The second-order valence-electron chi connectivity index (χ2n) is 4.88. The molecule has 1 saturated heterocycles. The van der Waals surface area contributed by atoms with E-state index in [0.29, 0.717) is 0 Å². The van der Waals surface area contributed by atoms with Gasteiger partial charge in [-0.2, -0.15) is 0 Å². The van der Waals surface area contributed by atoms with Crippen molar-refractivity contribution in [1.82, 2.24) is 0 Å². The van der Waals surface area contributed by atoms with Gasteiger partial charge in [-0.15, -0.1) is 0 Å². The van der Waals surface area contributed by atoms with Gasteiger partial charge in [-0.05, 0) is 24.5 Å². The fraction of sp³-hybridized carbons (Fsp3) is 0.571. The summed E-state index contributed by atoms with van der Waals surface area (Å²) in [7, 11) is 0. The molecule has 16 heavy (non-hydrogen) atoms. The second-order valence-corrected chi connectivity index (χ2v) is 4.88. The van der Waals surface area contributed by atoms with E-state index in [2.05, 4.69) is 38.1 Å². The molecule has 88 valence electrons. The smallest absolute Gasteiger partial charge is 0.0600 e. The number of nitrogens with two attached hydrogens (primary N) is 1. The van der Waals surface area contributed by atoms with E-state index in [9.17, 15) is 0 Å². The molecule has 1 aromatic rings. The molecule has 2 N–H and O–H groups in total. The van der Waals surface area contributed by atoms with Crippen molar-refractivity contribution in [1.29, 1.82) is 0 Å². The second kappa shape index (κ2) is 4.56. The molecule has 2 heteroatoms. The van der Waals surface area contributed by atoms with E-state index in [1.807, 2.05) is 0 Å². The van der Waals surface area contributed by atoms with Gasteiger partial charge in [0, 0.05) is 6.04 Å². The van der Waals surface area contributed by atoms with Crippen molar-refractivity contribution in [2.75, 3.05) is 13.2 Å². The van der Waals surface area contributed by atoms with Crippen LogP contribution in [-0.4, -0.2) is 19.3 Å². The molecule has 0 spiro atoms. The molecular formula is C14H21NO. The maximum atomic E-state index is 6.08. The van der Waals surface area contributed by atoms with Gasteiger partial charge in [-0.1, -0.05) is 37.6 Å². The molecule has 0 radical (unpaired) electrons. The van der Waals surface area contributed by atoms with Crippen LogP contribution in [0.1, 0.15) is 31.4 Å². The fourth-order valence-corrected chi connectivity index (χ4v) is 2.31. The number of aryl methyl sites for hydroxylation is 1. The first-order valence-electron chi connectivity index (χ1n) is 6.12. The zero-order chi connectivity index (χ0) is 11.6. The zero-order valence-electron chi connectivity index (χ0n) is 10.2. The summed E-state index contributed by atoms with van der Waals surface area (Å²) in [5, 5.41) is 0. The van der Waals surface area contributed by atoms with Crippen molar-refractivity contribution >= 4 is 0 Å². The number of hydrogen-bond acceptors (Lipinski definition) is 2. The lowest BCUT2D eigenvalue weighted by atomic mass is 9.73. The average molecular weight is 219 g/mol. The monoisotopic (exact) mass is 219 g/mol. The van der Waals surface area contributed by atoms with Crippen LogP contribution in [-0.2, 0) is 16.6 Å². The maximum absolute atomic E-state index is 6.08. The Morgan fingerprint density at radius 3 is 2.31 bits per heavy atom. The van der Waals surface area contributed by atoms with Gasteiger partial charge in [0.05, 0.1) is 18.6 Å². The van der Waals surface area contributed by atoms with E-state index in [1.54, 1.807) is 0 Å². The Kier molecular flexibility index (Phi) is 3.31. The Hall–Kier alpha value is -0.860. The summed E-state index contributed by atoms with van der Waals surface area (Å²) in [6, 6.07) is 9.04. The van der Waals surface area contributed by atoms with Crippen LogP contribution in [0.5, 0.6) is 0 Å². The zero-order valence-corrected chi connectivity index (χ0v) is 10.2. The lowest BCUT2D eigenvalue weighted by Gasteiger charge is -2.45. The van der Waals surface area contributed by atoms with E-state index < -0.39 is 0 Å². The van der Waals surface area contributed by atoms with Gasteiger partial charge in [-0.25, -0.2) is 0 Å². The summed E-state index contributed by atoms with van der Waals surface area (Å²) < 4.78 is 5.35. The summed E-state index contributed by atoms with van der Waals surface area (Å²) in [6.07, 6.45) is 2.35. The largest absolute Gasteiger partial charge is 0.379 e. The molecule has 1 unspecified atom stereocenters. The van der Waals surface area contributed by atoms with Gasteiger partial charge in [0.1, 0.15) is 0 Å². The van der Waals surface area contributed by atoms with Crippen LogP contribution >= 0.6 is 0 Å². The van der Waals surface area contributed by atoms with Gasteiger partial charge in [0.25, 0.3) is 0 Å². The van der Waals surface area contributed by atoms with E-state index >= 15 is 0 Å². The third-order valence-corrected chi connectivity index (χ3v) is 3.66. The van der Waals surface area contributed by atoms with Gasteiger partial charge in [0.2, 0.25) is 0 Å². The Morgan fingerprint density at radius 1 is 1.31 bits per heavy atom. The summed E-state index contributed by atoms with van der Waals surface area (Å²) >= 11 is 0. The molecule has 1 heterocycles. The summed E-state index contributed by atoms with van der Waals surface area (Å²) in [5.41, 5.74) is 8.88. The normalized spacial score (nSPS) is 20.2. The molecule has 1 aliphatic heterocycles. The van der Waals surface area contributed by atoms with Crippen molar-refractivity contribution in [2.24, 2.45) is 5.73 Å². The highest BCUT2D eigenvalue weighted by Gasteiger charge is 2.43. The van der Waals surface area contributed by atoms with Gasteiger partial charge in [-0.3, -0.25) is 0 Å². The lowest BCUT2D eigenvalue weighted by molar-refractivity contribution is -0.0701. The van der Waals surface area contributed by atoms with Crippen LogP contribution in [0.2, 0.25) is 0 Å². The van der Waals surface area contributed by atoms with Crippen molar-refractivity contribution in [3.63, 3.8) is 0 Å². The van der Waals surface area contributed by atoms with Crippen LogP contribution in [0.15, 0.2) is 24.3 Å². The Labute approximate surface area is 97.8 Å². The van der Waals surface area contributed by atoms with Crippen molar-refractivity contribution < 1.29 is 4.74 Å². The van der Waals surface area contributed by atoms with Crippen LogP contribution in [0.4, 0.5) is 0 Å². The molecule has 1 aromatic carbocycles. The maximum Gasteiger partial charge on any atom is 0.0600 e. The van der Waals surface area contributed by atoms with Gasteiger partial charge in [0.15, 0.2) is 0 Å². The predicted molar refractivity (Wildman–Crippen MR) is 66.6 cm³/mol. The third-order valence-electron chi connectivity index (χ3n) is 3.66. The predicted octanol–water partition coefficient (Wildman–Crippen LogP) is 2.25. The van der Waals surface area contributed by atoms with E-state index in [1.165, 1.54) is 17.5 Å². The lowest BCUT2D eigenvalue weighted by Crippen LogP contribution is -2.57. The molecule has 2 nitrogen and oxygen atoms in total. The molecule has 0 saturated carbocycles. The van der Waals surface area contributed by atoms with Crippen molar-refractivity contribution in [2.45, 2.75) is 38.1 Å². The fourth-order valence-electron chi connectivity index (χ4n) is 2.31. The van der Waals surface area contributed by atoms with Crippen LogP contribution in [0, 0.1) is 0 Å². The van der Waals surface area contributed by atoms with Gasteiger partial charge < -0.3 is 10.5 Å². The van der Waals surface area contributed by atoms with Gasteiger partial charge >= 0.3 is 0 Å². The topological polar surface area (TPSA) is 35.2 Å². The first-order valence-corrected chi connectivity index (χ1v) is 6.12. The molecule has 1 fully saturated rings. The minimum Gasteiger partial charge on any atom is -0.379 e. The molecule has 1 atom stereocenters. The third kappa shape index (κ3) is 1.87. The molecule has 0 aromatic heterocycles. The molecular weight excluding hydrogens is 198 g/mol. The summed E-state index contributed by atoms with van der Waals surface area (Å²) in [5.74, 6) is 0. The number of rotatable bonds is 4. The SMILES string of the molecule is CCCc1ccc(C2(C(C)N)COC2)cc1. The number of ether oxygens (including phenoxy) is 1.